The molecule has 0 aromatic heterocycles. The number of nitrogens with zero attached hydrogens (tertiary/aromatic N) is 2. The van der Waals surface area contributed by atoms with Crippen LogP contribution in [0.25, 0.3) is 0 Å². The minimum Gasteiger partial charge on any atom is -0.494 e. The molecule has 122 valence electrons. The van der Waals surface area contributed by atoms with Crippen LogP contribution in [-0.2, 0) is 13.0 Å². The van der Waals surface area contributed by atoms with Gasteiger partial charge in [-0.1, -0.05) is 6.92 Å². The van der Waals surface area contributed by atoms with Crippen molar-refractivity contribution < 1.29 is 9.47 Å². The van der Waals surface area contributed by atoms with E-state index in [1.54, 1.807) is 0 Å². The van der Waals surface area contributed by atoms with Gasteiger partial charge >= 0.3 is 0 Å². The highest BCUT2D eigenvalue weighted by Gasteiger charge is 2.23. The number of benzene rings is 1. The molecule has 0 spiro atoms. The summed E-state index contributed by atoms with van der Waals surface area (Å²) < 4.78 is 11.8. The summed E-state index contributed by atoms with van der Waals surface area (Å²) in [6, 6.07) is 4.40. The van der Waals surface area contributed by atoms with E-state index in [0.29, 0.717) is 6.61 Å². The third-order valence-corrected chi connectivity index (χ3v) is 4.69. The van der Waals surface area contributed by atoms with E-state index in [1.165, 1.54) is 24.2 Å². The van der Waals surface area contributed by atoms with Crippen LogP contribution < -0.4 is 9.47 Å². The van der Waals surface area contributed by atoms with Crippen LogP contribution in [0.1, 0.15) is 31.9 Å². The van der Waals surface area contributed by atoms with Gasteiger partial charge in [0.2, 0.25) is 0 Å². The fraction of sp³-hybridized carbons (Fsp3) is 0.667. The van der Waals surface area contributed by atoms with E-state index >= 15 is 0 Å². The molecule has 1 unspecified atom stereocenters. The van der Waals surface area contributed by atoms with Gasteiger partial charge in [0.05, 0.1) is 6.61 Å². The van der Waals surface area contributed by atoms with Crippen molar-refractivity contribution >= 4 is 0 Å². The van der Waals surface area contributed by atoms with E-state index < -0.39 is 0 Å². The van der Waals surface area contributed by atoms with E-state index in [1.807, 2.05) is 0 Å². The van der Waals surface area contributed by atoms with Gasteiger partial charge in [-0.2, -0.15) is 0 Å². The molecule has 1 saturated heterocycles. The van der Waals surface area contributed by atoms with Crippen LogP contribution >= 0.6 is 0 Å². The van der Waals surface area contributed by atoms with Gasteiger partial charge in [-0.05, 0) is 32.5 Å². The van der Waals surface area contributed by atoms with E-state index in [4.69, 9.17) is 9.47 Å². The highest BCUT2D eigenvalue weighted by Crippen LogP contribution is 2.35. The van der Waals surface area contributed by atoms with Crippen LogP contribution in [0.5, 0.6) is 11.5 Å². The summed E-state index contributed by atoms with van der Waals surface area (Å²) in [5, 5.41) is 0. The maximum atomic E-state index is 5.92. The summed E-state index contributed by atoms with van der Waals surface area (Å²) in [6.07, 6.45) is 1.28. The molecule has 0 bridgehead atoms. The Morgan fingerprint density at radius 3 is 2.55 bits per heavy atom. The summed E-state index contributed by atoms with van der Waals surface area (Å²) in [7, 11) is 0. The molecule has 0 saturated carbocycles. The Morgan fingerprint density at radius 1 is 1.14 bits per heavy atom. The maximum Gasteiger partial charge on any atom is 0.124 e. The molecule has 1 fully saturated rings. The first-order chi connectivity index (χ1) is 10.7. The van der Waals surface area contributed by atoms with Crippen molar-refractivity contribution in [2.45, 2.75) is 39.8 Å². The molecule has 3 rings (SSSR count). The zero-order chi connectivity index (χ0) is 15.5. The summed E-state index contributed by atoms with van der Waals surface area (Å²) in [5.41, 5.74) is 2.55. The third kappa shape index (κ3) is 3.39. The Morgan fingerprint density at radius 2 is 1.86 bits per heavy atom. The lowest BCUT2D eigenvalue weighted by Gasteiger charge is -2.34. The number of ether oxygens (including phenoxy) is 2. The molecule has 2 heterocycles. The molecule has 0 amide bonds. The second kappa shape index (κ2) is 6.88. The largest absolute Gasteiger partial charge is 0.494 e. The lowest BCUT2D eigenvalue weighted by atomic mass is 10.1. The minimum atomic E-state index is 0.285. The van der Waals surface area contributed by atoms with Crippen molar-refractivity contribution in [1.82, 2.24) is 9.80 Å². The number of fused-ring (bicyclic) bond motifs is 1. The van der Waals surface area contributed by atoms with Gasteiger partial charge < -0.3 is 14.4 Å². The van der Waals surface area contributed by atoms with Crippen molar-refractivity contribution in [3.05, 3.63) is 23.3 Å². The van der Waals surface area contributed by atoms with Crippen molar-refractivity contribution in [2.24, 2.45) is 0 Å². The summed E-state index contributed by atoms with van der Waals surface area (Å²) >= 11 is 0. The first-order valence-electron chi connectivity index (χ1n) is 8.59. The summed E-state index contributed by atoms with van der Waals surface area (Å²) in [5.74, 6) is 2.09. The first kappa shape index (κ1) is 15.6. The van der Waals surface area contributed by atoms with Crippen molar-refractivity contribution in [1.29, 1.82) is 0 Å². The maximum absolute atomic E-state index is 5.92. The lowest BCUT2D eigenvalue weighted by molar-refractivity contribution is 0.130. The van der Waals surface area contributed by atoms with Gasteiger partial charge in [0, 0.05) is 50.3 Å². The number of piperazine rings is 1. The molecule has 1 aromatic carbocycles. The Hall–Kier alpha value is -1.26. The fourth-order valence-corrected chi connectivity index (χ4v) is 3.40. The molecule has 1 atom stereocenters. The molecular formula is C18H28N2O2. The molecule has 0 radical (unpaired) electrons. The average molecular weight is 304 g/mol. The van der Waals surface area contributed by atoms with Gasteiger partial charge in [-0.25, -0.2) is 0 Å². The average Bonchev–Trinajstić information content (AvgIpc) is 2.87. The number of hydrogen-bond donors (Lipinski definition) is 0. The van der Waals surface area contributed by atoms with Gasteiger partial charge in [-0.15, -0.1) is 0 Å². The van der Waals surface area contributed by atoms with Crippen LogP contribution in [0.2, 0.25) is 0 Å². The molecule has 0 N–H and O–H groups in total. The number of hydrogen-bond acceptors (Lipinski definition) is 4. The van der Waals surface area contributed by atoms with Gasteiger partial charge in [0.1, 0.15) is 17.6 Å². The van der Waals surface area contributed by atoms with Crippen molar-refractivity contribution in [3.63, 3.8) is 0 Å². The molecule has 1 aromatic rings. The van der Waals surface area contributed by atoms with Crippen LogP contribution in [0.3, 0.4) is 0 Å². The number of likely N-dealkylation sites (N-methyl/N-ethyl adjacent to an activating group) is 1. The molecule has 2 aliphatic rings. The monoisotopic (exact) mass is 304 g/mol. The normalized spacial score (nSPS) is 22.4. The Kier molecular flexibility index (Phi) is 4.89. The topological polar surface area (TPSA) is 24.9 Å². The first-order valence-corrected chi connectivity index (χ1v) is 8.59. The highest BCUT2D eigenvalue weighted by molar-refractivity contribution is 5.48. The minimum absolute atomic E-state index is 0.285. The molecule has 4 heteroatoms. The smallest absolute Gasteiger partial charge is 0.124 e. The third-order valence-electron chi connectivity index (χ3n) is 4.69. The SMILES string of the molecule is CCOc1cc2c(cc1CN1CCN(CC)CC1)OC(C)C2. The van der Waals surface area contributed by atoms with E-state index in [-0.39, 0.29) is 6.10 Å². The molecule has 22 heavy (non-hydrogen) atoms. The Labute approximate surface area is 134 Å². The highest BCUT2D eigenvalue weighted by atomic mass is 16.5. The van der Waals surface area contributed by atoms with Crippen molar-refractivity contribution in [2.75, 3.05) is 39.3 Å². The van der Waals surface area contributed by atoms with Crippen LogP contribution in [0.15, 0.2) is 12.1 Å². The van der Waals surface area contributed by atoms with Crippen LogP contribution in [0, 0.1) is 0 Å². The van der Waals surface area contributed by atoms with Crippen LogP contribution in [0.4, 0.5) is 0 Å². The standard InChI is InChI=1S/C18H28N2O2/c1-4-19-6-8-20(9-7-19)13-16-12-18-15(10-14(3)22-18)11-17(16)21-5-2/h11-12,14H,4-10,13H2,1-3H3. The zero-order valence-electron chi connectivity index (χ0n) is 14.1. The van der Waals surface area contributed by atoms with E-state index in [2.05, 4.69) is 42.7 Å². The predicted octanol–water partition coefficient (Wildman–Crippen LogP) is 2.55. The lowest BCUT2D eigenvalue weighted by Crippen LogP contribution is -2.45. The summed E-state index contributed by atoms with van der Waals surface area (Å²) in [4.78, 5) is 5.03. The molecule has 4 nitrogen and oxygen atoms in total. The van der Waals surface area contributed by atoms with Crippen molar-refractivity contribution in [3.8, 4) is 11.5 Å². The second-order valence-corrected chi connectivity index (χ2v) is 6.34. The summed E-state index contributed by atoms with van der Waals surface area (Å²) in [6.45, 7) is 13.8. The predicted molar refractivity (Wildman–Crippen MR) is 88.8 cm³/mol. The molecule has 2 aliphatic heterocycles. The molecular weight excluding hydrogens is 276 g/mol. The Bertz CT molecular complexity index is 510. The number of rotatable bonds is 5. The Balaban J connectivity index is 1.73. The van der Waals surface area contributed by atoms with Gasteiger partial charge in [0.25, 0.3) is 0 Å². The molecule has 0 aliphatic carbocycles. The fourth-order valence-electron chi connectivity index (χ4n) is 3.40. The quantitative estimate of drug-likeness (QED) is 0.834. The van der Waals surface area contributed by atoms with Crippen LogP contribution in [-0.4, -0.2) is 55.2 Å². The second-order valence-electron chi connectivity index (χ2n) is 6.34. The van der Waals surface area contributed by atoms with E-state index in [0.717, 1.165) is 44.1 Å². The van der Waals surface area contributed by atoms with Gasteiger partial charge in [-0.3, -0.25) is 4.90 Å². The van der Waals surface area contributed by atoms with Gasteiger partial charge in [0.15, 0.2) is 0 Å². The zero-order valence-corrected chi connectivity index (χ0v) is 14.1. The van der Waals surface area contributed by atoms with E-state index in [9.17, 15) is 0 Å².